The van der Waals surface area contributed by atoms with E-state index in [0.717, 1.165) is 11.3 Å². The van der Waals surface area contributed by atoms with Gasteiger partial charge in [-0.25, -0.2) is 0 Å². The van der Waals surface area contributed by atoms with Gasteiger partial charge in [0.15, 0.2) is 0 Å². The topological polar surface area (TPSA) is 9.23 Å². The van der Waals surface area contributed by atoms with E-state index in [1.165, 1.54) is 0 Å². The van der Waals surface area contributed by atoms with E-state index in [1.807, 2.05) is 32.0 Å². The second kappa shape index (κ2) is 5.47. The van der Waals surface area contributed by atoms with Crippen molar-refractivity contribution >= 4 is 23.2 Å². The fourth-order valence-corrected chi connectivity index (χ4v) is 1.26. The molecule has 0 radical (unpaired) electrons. The van der Waals surface area contributed by atoms with Gasteiger partial charge in [-0.3, -0.25) is 0 Å². The largest absolute Gasteiger partial charge is 0.493 e. The number of ether oxygens (including phenoxy) is 1. The lowest BCUT2D eigenvalue weighted by Gasteiger charge is -2.12. The van der Waals surface area contributed by atoms with Crippen LogP contribution in [-0.2, 0) is 0 Å². The smallest absolute Gasteiger partial charge is 0.123 e. The highest BCUT2D eigenvalue weighted by Crippen LogP contribution is 2.22. The van der Waals surface area contributed by atoms with E-state index in [-0.39, 0.29) is 0 Å². The van der Waals surface area contributed by atoms with Crippen LogP contribution in [0.4, 0.5) is 0 Å². The highest BCUT2D eigenvalue weighted by atomic mass is 35.5. The summed E-state index contributed by atoms with van der Waals surface area (Å²) in [5.74, 6) is 1.81. The molecule has 0 bridgehead atoms. The van der Waals surface area contributed by atoms with Crippen LogP contribution in [0.2, 0.25) is 5.02 Å². The predicted octanol–water partition coefficient (Wildman–Crippen LogP) is 3.90. The predicted molar refractivity (Wildman–Crippen MR) is 61.6 cm³/mol. The third kappa shape index (κ3) is 3.39. The molecule has 1 atom stereocenters. The minimum Gasteiger partial charge on any atom is -0.493 e. The van der Waals surface area contributed by atoms with Crippen molar-refractivity contribution in [2.45, 2.75) is 13.8 Å². The fourth-order valence-electron chi connectivity index (χ4n) is 1.01. The van der Waals surface area contributed by atoms with Gasteiger partial charge in [0.25, 0.3) is 0 Å². The zero-order chi connectivity index (χ0) is 10.6. The summed E-state index contributed by atoms with van der Waals surface area (Å²) in [4.78, 5) is 0. The van der Waals surface area contributed by atoms with Crippen molar-refractivity contribution in [3.63, 3.8) is 0 Å². The molecule has 3 heteroatoms. The number of hydrogen-bond donors (Lipinski definition) is 0. The Morgan fingerprint density at radius 3 is 2.79 bits per heavy atom. The molecule has 1 aromatic carbocycles. The van der Waals surface area contributed by atoms with Gasteiger partial charge in [0, 0.05) is 16.8 Å². The summed E-state index contributed by atoms with van der Waals surface area (Å²) in [6.45, 7) is 4.68. The maximum absolute atomic E-state index is 5.86. The fraction of sp³-hybridized carbons (Fsp3) is 0.455. The van der Waals surface area contributed by atoms with Crippen LogP contribution in [0, 0.1) is 12.8 Å². The Bertz CT molecular complexity index is 299. The van der Waals surface area contributed by atoms with Crippen molar-refractivity contribution < 1.29 is 4.74 Å². The van der Waals surface area contributed by atoms with Gasteiger partial charge in [-0.05, 0) is 24.6 Å². The molecule has 1 aromatic rings. The zero-order valence-electron chi connectivity index (χ0n) is 8.39. The first kappa shape index (κ1) is 11.7. The Labute approximate surface area is 95.0 Å². The molecule has 0 fully saturated rings. The molecule has 0 aliphatic carbocycles. The molecule has 78 valence electrons. The molecular formula is C11H14Cl2O. The zero-order valence-corrected chi connectivity index (χ0v) is 9.90. The second-order valence-corrected chi connectivity index (χ2v) is 4.23. The molecule has 0 N–H and O–H groups in total. The molecular weight excluding hydrogens is 219 g/mol. The van der Waals surface area contributed by atoms with Gasteiger partial charge in [0.1, 0.15) is 5.75 Å². The number of hydrogen-bond acceptors (Lipinski definition) is 1. The first-order valence-corrected chi connectivity index (χ1v) is 5.49. The quantitative estimate of drug-likeness (QED) is 0.716. The molecule has 0 amide bonds. The average Bonchev–Trinajstić information content (AvgIpc) is 2.19. The number of rotatable bonds is 4. The maximum atomic E-state index is 5.86. The molecule has 0 aliphatic heterocycles. The monoisotopic (exact) mass is 232 g/mol. The molecule has 0 saturated heterocycles. The summed E-state index contributed by atoms with van der Waals surface area (Å²) in [5.41, 5.74) is 1.09. The van der Waals surface area contributed by atoms with E-state index in [0.29, 0.717) is 23.4 Å². The first-order valence-electron chi connectivity index (χ1n) is 4.58. The lowest BCUT2D eigenvalue weighted by atomic mass is 10.2. The van der Waals surface area contributed by atoms with Crippen LogP contribution in [0.3, 0.4) is 0 Å². The summed E-state index contributed by atoms with van der Waals surface area (Å²) in [7, 11) is 0. The second-order valence-electron chi connectivity index (χ2n) is 3.48. The number of aryl methyl sites for hydroxylation is 1. The summed E-state index contributed by atoms with van der Waals surface area (Å²) in [6.07, 6.45) is 0. The Morgan fingerprint density at radius 1 is 1.43 bits per heavy atom. The Hall–Kier alpha value is -0.400. The van der Waals surface area contributed by atoms with Gasteiger partial charge in [0.2, 0.25) is 0 Å². The molecule has 0 heterocycles. The van der Waals surface area contributed by atoms with E-state index in [1.54, 1.807) is 0 Å². The van der Waals surface area contributed by atoms with E-state index < -0.39 is 0 Å². The SMILES string of the molecule is Cc1ccc(Cl)cc1OCC(C)CCl. The summed E-state index contributed by atoms with van der Waals surface area (Å²) >= 11 is 11.5. The van der Waals surface area contributed by atoms with Crippen molar-refractivity contribution in [1.29, 1.82) is 0 Å². The standard InChI is InChI=1S/C11H14Cl2O/c1-8(6-12)7-14-11-5-10(13)4-3-9(11)2/h3-5,8H,6-7H2,1-2H3. The third-order valence-electron chi connectivity index (χ3n) is 1.94. The molecule has 0 saturated carbocycles. The van der Waals surface area contributed by atoms with Gasteiger partial charge >= 0.3 is 0 Å². The number of halogens is 2. The number of alkyl halides is 1. The van der Waals surface area contributed by atoms with Gasteiger partial charge in [0.05, 0.1) is 6.61 Å². The minimum absolute atomic E-state index is 0.357. The average molecular weight is 233 g/mol. The van der Waals surface area contributed by atoms with Gasteiger partial charge in [-0.2, -0.15) is 0 Å². The van der Waals surface area contributed by atoms with Crippen LogP contribution >= 0.6 is 23.2 Å². The molecule has 0 aliphatic rings. The summed E-state index contributed by atoms with van der Waals surface area (Å²) in [6, 6.07) is 5.63. The van der Waals surface area contributed by atoms with Crippen LogP contribution in [0.5, 0.6) is 5.75 Å². The van der Waals surface area contributed by atoms with Crippen molar-refractivity contribution in [2.75, 3.05) is 12.5 Å². The van der Waals surface area contributed by atoms with Crippen LogP contribution < -0.4 is 4.74 Å². The lowest BCUT2D eigenvalue weighted by Crippen LogP contribution is -2.10. The Kier molecular flexibility index (Phi) is 4.56. The van der Waals surface area contributed by atoms with E-state index >= 15 is 0 Å². The van der Waals surface area contributed by atoms with E-state index in [2.05, 4.69) is 0 Å². The van der Waals surface area contributed by atoms with Crippen molar-refractivity contribution in [1.82, 2.24) is 0 Å². The van der Waals surface area contributed by atoms with Crippen LogP contribution in [0.1, 0.15) is 12.5 Å². The molecule has 14 heavy (non-hydrogen) atoms. The number of benzene rings is 1. The highest BCUT2D eigenvalue weighted by molar-refractivity contribution is 6.30. The van der Waals surface area contributed by atoms with Crippen LogP contribution in [-0.4, -0.2) is 12.5 Å². The Morgan fingerprint density at radius 2 is 2.14 bits per heavy atom. The summed E-state index contributed by atoms with van der Waals surface area (Å²) < 4.78 is 5.60. The highest BCUT2D eigenvalue weighted by Gasteiger charge is 2.04. The summed E-state index contributed by atoms with van der Waals surface area (Å²) in [5, 5.41) is 0.698. The molecule has 1 rings (SSSR count). The lowest BCUT2D eigenvalue weighted by molar-refractivity contribution is 0.271. The minimum atomic E-state index is 0.357. The van der Waals surface area contributed by atoms with Crippen molar-refractivity contribution in [3.05, 3.63) is 28.8 Å². The Balaban J connectivity index is 2.62. The van der Waals surface area contributed by atoms with E-state index in [9.17, 15) is 0 Å². The molecule has 1 unspecified atom stereocenters. The normalized spacial score (nSPS) is 12.6. The van der Waals surface area contributed by atoms with Gasteiger partial charge in [-0.1, -0.05) is 24.6 Å². The van der Waals surface area contributed by atoms with Gasteiger partial charge in [-0.15, -0.1) is 11.6 Å². The van der Waals surface area contributed by atoms with Gasteiger partial charge < -0.3 is 4.74 Å². The molecule has 0 aromatic heterocycles. The van der Waals surface area contributed by atoms with Crippen LogP contribution in [0.15, 0.2) is 18.2 Å². The first-order chi connectivity index (χ1) is 6.63. The van der Waals surface area contributed by atoms with E-state index in [4.69, 9.17) is 27.9 Å². The van der Waals surface area contributed by atoms with Crippen molar-refractivity contribution in [2.24, 2.45) is 5.92 Å². The van der Waals surface area contributed by atoms with Crippen molar-refractivity contribution in [3.8, 4) is 5.75 Å². The van der Waals surface area contributed by atoms with Crippen LogP contribution in [0.25, 0.3) is 0 Å². The molecule has 0 spiro atoms. The maximum Gasteiger partial charge on any atom is 0.123 e. The molecule has 1 nitrogen and oxygen atoms in total. The third-order valence-corrected chi connectivity index (χ3v) is 2.70.